The summed E-state index contributed by atoms with van der Waals surface area (Å²) in [5.41, 5.74) is -0.474. The summed E-state index contributed by atoms with van der Waals surface area (Å²) in [6, 6.07) is 1.98. The third-order valence-corrected chi connectivity index (χ3v) is 2.96. The van der Waals surface area contributed by atoms with Gasteiger partial charge in [-0.1, -0.05) is 53.7 Å². The second-order valence-corrected chi connectivity index (χ2v) is 6.31. The predicted octanol–water partition coefficient (Wildman–Crippen LogP) is 3.86. The molecule has 0 amide bonds. The Kier molecular flexibility index (Phi) is 7.13. The highest BCUT2D eigenvalue weighted by atomic mass is 16.1. The Morgan fingerprint density at radius 1 is 1.20 bits per heavy atom. The highest BCUT2D eigenvalue weighted by Gasteiger charge is 2.29. The largest absolute Gasteiger partial charge is 0.295 e. The van der Waals surface area contributed by atoms with Gasteiger partial charge >= 0.3 is 0 Å². The summed E-state index contributed by atoms with van der Waals surface area (Å²) in [4.78, 5) is 23.8. The van der Waals surface area contributed by atoms with Crippen molar-refractivity contribution >= 4 is 11.6 Å². The Labute approximate surface area is 122 Å². The van der Waals surface area contributed by atoms with Gasteiger partial charge in [0.1, 0.15) is 6.07 Å². The molecule has 0 aromatic heterocycles. The van der Waals surface area contributed by atoms with Crippen LogP contribution in [0.4, 0.5) is 0 Å². The number of carbonyl (C=O) groups is 2. The van der Waals surface area contributed by atoms with E-state index < -0.39 is 5.41 Å². The molecule has 0 unspecified atom stereocenters. The number of nitrogens with zero attached hydrogens (tertiary/aromatic N) is 1. The van der Waals surface area contributed by atoms with Crippen LogP contribution in [0.15, 0.2) is 23.8 Å². The number of ketones is 2. The smallest absolute Gasteiger partial charge is 0.178 e. The van der Waals surface area contributed by atoms with Crippen LogP contribution < -0.4 is 0 Å². The molecule has 0 atom stereocenters. The molecule has 0 aliphatic carbocycles. The fourth-order valence-electron chi connectivity index (χ4n) is 1.62. The Morgan fingerprint density at radius 2 is 1.75 bits per heavy atom. The lowest BCUT2D eigenvalue weighted by atomic mass is 9.80. The molecular weight excluding hydrogens is 250 g/mol. The van der Waals surface area contributed by atoms with Gasteiger partial charge in [-0.25, -0.2) is 0 Å². The van der Waals surface area contributed by atoms with E-state index in [0.717, 1.165) is 0 Å². The van der Waals surface area contributed by atoms with Crippen LogP contribution in [-0.4, -0.2) is 11.6 Å². The predicted molar refractivity (Wildman–Crippen MR) is 80.9 cm³/mol. The maximum atomic E-state index is 12.3. The van der Waals surface area contributed by atoms with E-state index in [0.29, 0.717) is 6.42 Å². The normalized spacial score (nSPS) is 13.1. The molecule has 0 aliphatic heterocycles. The van der Waals surface area contributed by atoms with Gasteiger partial charge in [0.05, 0.1) is 5.57 Å². The van der Waals surface area contributed by atoms with Crippen molar-refractivity contribution in [2.45, 2.75) is 48.0 Å². The number of Topliss-reactive ketones (excluding diaryl/α,β-unsaturated/α-hetero) is 1. The maximum absolute atomic E-state index is 12.3. The topological polar surface area (TPSA) is 57.9 Å². The molecule has 0 saturated carbocycles. The Balaban J connectivity index is 4.93. The van der Waals surface area contributed by atoms with Crippen molar-refractivity contribution in [2.24, 2.45) is 17.3 Å². The van der Waals surface area contributed by atoms with Crippen LogP contribution >= 0.6 is 0 Å². The van der Waals surface area contributed by atoms with Gasteiger partial charge < -0.3 is 0 Å². The van der Waals surface area contributed by atoms with E-state index in [1.165, 1.54) is 6.08 Å². The van der Waals surface area contributed by atoms with E-state index in [1.54, 1.807) is 26.0 Å². The zero-order chi connectivity index (χ0) is 15.9. The molecule has 0 fully saturated rings. The van der Waals surface area contributed by atoms with Gasteiger partial charge in [-0.3, -0.25) is 9.59 Å². The van der Waals surface area contributed by atoms with Crippen molar-refractivity contribution in [3.63, 3.8) is 0 Å². The van der Waals surface area contributed by atoms with Crippen LogP contribution in [0.25, 0.3) is 0 Å². The van der Waals surface area contributed by atoms with Gasteiger partial charge in [0.2, 0.25) is 0 Å². The van der Waals surface area contributed by atoms with Crippen molar-refractivity contribution < 1.29 is 9.59 Å². The second-order valence-electron chi connectivity index (χ2n) is 6.31. The standard InChI is InChI=1S/C17H25NO2/c1-12(2)10-14(11-18)16(20)17(5,6)9-7-8-15(19)13(3)4/h7-8,10,12-13H,9H2,1-6H3/b8-7+,14-10+. The van der Waals surface area contributed by atoms with Crippen molar-refractivity contribution in [2.75, 3.05) is 0 Å². The van der Waals surface area contributed by atoms with E-state index in [1.807, 2.05) is 33.8 Å². The summed E-state index contributed by atoms with van der Waals surface area (Å²) >= 11 is 0. The van der Waals surface area contributed by atoms with Gasteiger partial charge in [-0.15, -0.1) is 0 Å². The number of carbonyl (C=O) groups excluding carboxylic acids is 2. The van der Waals surface area contributed by atoms with Crippen LogP contribution in [0, 0.1) is 28.6 Å². The van der Waals surface area contributed by atoms with Crippen molar-refractivity contribution in [3.8, 4) is 6.07 Å². The van der Waals surface area contributed by atoms with E-state index in [9.17, 15) is 9.59 Å². The zero-order valence-corrected chi connectivity index (χ0v) is 13.4. The maximum Gasteiger partial charge on any atom is 0.178 e. The molecule has 0 aromatic rings. The summed E-state index contributed by atoms with van der Waals surface area (Å²) in [5.74, 6) is -0.00939. The Hall–Kier alpha value is -1.69. The van der Waals surface area contributed by atoms with Crippen LogP contribution in [0.2, 0.25) is 0 Å². The number of nitriles is 1. The molecule has 0 rings (SSSR count). The first kappa shape index (κ1) is 18.3. The minimum absolute atomic E-state index is 0.0411. The minimum Gasteiger partial charge on any atom is -0.295 e. The number of rotatable bonds is 7. The molecule has 0 aliphatic rings. The molecule has 0 aromatic carbocycles. The summed E-state index contributed by atoms with van der Waals surface area (Å²) in [7, 11) is 0. The minimum atomic E-state index is -0.676. The first-order chi connectivity index (χ1) is 9.11. The summed E-state index contributed by atoms with van der Waals surface area (Å²) in [6.07, 6.45) is 5.39. The quantitative estimate of drug-likeness (QED) is 0.523. The SMILES string of the molecule is CC(C)/C=C(\C#N)C(=O)C(C)(C)C/C=C/C(=O)C(C)C. The second kappa shape index (κ2) is 7.79. The Morgan fingerprint density at radius 3 is 2.15 bits per heavy atom. The van der Waals surface area contributed by atoms with Gasteiger partial charge in [-0.2, -0.15) is 5.26 Å². The average molecular weight is 275 g/mol. The third kappa shape index (κ3) is 5.97. The molecule has 3 nitrogen and oxygen atoms in total. The third-order valence-electron chi connectivity index (χ3n) is 2.96. The fraction of sp³-hybridized carbons (Fsp3) is 0.588. The van der Waals surface area contributed by atoms with E-state index in [-0.39, 0.29) is 29.0 Å². The van der Waals surface area contributed by atoms with Gasteiger partial charge in [-0.05, 0) is 18.4 Å². The van der Waals surface area contributed by atoms with Crippen LogP contribution in [-0.2, 0) is 9.59 Å². The fourth-order valence-corrected chi connectivity index (χ4v) is 1.62. The summed E-state index contributed by atoms with van der Waals surface area (Å²) < 4.78 is 0. The molecule has 110 valence electrons. The van der Waals surface area contributed by atoms with E-state index in [4.69, 9.17) is 5.26 Å². The lowest BCUT2D eigenvalue weighted by Crippen LogP contribution is -2.25. The molecule has 0 saturated heterocycles. The van der Waals surface area contributed by atoms with E-state index >= 15 is 0 Å². The molecular formula is C17H25NO2. The highest BCUT2D eigenvalue weighted by Crippen LogP contribution is 2.26. The van der Waals surface area contributed by atoms with Crippen molar-refractivity contribution in [1.29, 1.82) is 5.26 Å². The highest BCUT2D eigenvalue weighted by molar-refractivity contribution is 6.02. The first-order valence-corrected chi connectivity index (χ1v) is 6.99. The molecule has 0 radical (unpaired) electrons. The Bertz CT molecular complexity index is 460. The zero-order valence-electron chi connectivity index (χ0n) is 13.4. The monoisotopic (exact) mass is 275 g/mol. The molecule has 0 N–H and O–H groups in total. The van der Waals surface area contributed by atoms with Crippen LogP contribution in [0.5, 0.6) is 0 Å². The van der Waals surface area contributed by atoms with E-state index in [2.05, 4.69) is 0 Å². The number of hydrogen-bond acceptors (Lipinski definition) is 3. The molecule has 20 heavy (non-hydrogen) atoms. The molecule has 0 spiro atoms. The molecule has 0 bridgehead atoms. The molecule has 3 heteroatoms. The number of allylic oxidation sites excluding steroid dienone is 4. The van der Waals surface area contributed by atoms with Gasteiger partial charge in [0.25, 0.3) is 0 Å². The molecule has 0 heterocycles. The summed E-state index contributed by atoms with van der Waals surface area (Å²) in [5, 5.41) is 9.08. The lowest BCUT2D eigenvalue weighted by Gasteiger charge is -2.21. The van der Waals surface area contributed by atoms with Gasteiger partial charge in [0, 0.05) is 11.3 Å². The average Bonchev–Trinajstić information content (AvgIpc) is 2.34. The first-order valence-electron chi connectivity index (χ1n) is 6.99. The van der Waals surface area contributed by atoms with Crippen molar-refractivity contribution in [1.82, 2.24) is 0 Å². The number of hydrogen-bond donors (Lipinski definition) is 0. The van der Waals surface area contributed by atoms with Crippen molar-refractivity contribution in [3.05, 3.63) is 23.8 Å². The van der Waals surface area contributed by atoms with Gasteiger partial charge in [0.15, 0.2) is 11.6 Å². The van der Waals surface area contributed by atoms with Crippen LogP contribution in [0.3, 0.4) is 0 Å². The lowest BCUT2D eigenvalue weighted by molar-refractivity contribution is -0.123. The van der Waals surface area contributed by atoms with Crippen LogP contribution in [0.1, 0.15) is 48.0 Å². The summed E-state index contributed by atoms with van der Waals surface area (Å²) in [6.45, 7) is 11.1.